The second kappa shape index (κ2) is 6.77. The van der Waals surface area contributed by atoms with Gasteiger partial charge in [-0.05, 0) is 48.4 Å². The zero-order valence-electron chi connectivity index (χ0n) is 11.6. The molecule has 2 N–H and O–H groups in total. The van der Waals surface area contributed by atoms with Crippen LogP contribution in [0.4, 0.5) is 5.69 Å². The average molecular weight is 336 g/mol. The number of aliphatic hydroxyl groups excluding tert-OH is 1. The molecule has 1 unspecified atom stereocenters. The molecule has 0 aliphatic rings. The highest BCUT2D eigenvalue weighted by molar-refractivity contribution is 9.10. The molecule has 3 nitrogen and oxygen atoms in total. The van der Waals surface area contributed by atoms with Gasteiger partial charge in [-0.3, -0.25) is 0 Å². The molecule has 0 saturated carbocycles. The first-order valence-corrected chi connectivity index (χ1v) is 7.21. The minimum absolute atomic E-state index is 0.000288. The van der Waals surface area contributed by atoms with Crippen LogP contribution in [0.3, 0.4) is 0 Å². The Hall–Kier alpha value is -1.52. The predicted octanol–water partition coefficient (Wildman–Crippen LogP) is 3.91. The number of ether oxygens (including phenoxy) is 1. The van der Waals surface area contributed by atoms with Crippen molar-refractivity contribution in [2.45, 2.75) is 13.0 Å². The number of aliphatic hydroxyl groups is 1. The molecule has 20 heavy (non-hydrogen) atoms. The third kappa shape index (κ3) is 3.52. The highest BCUT2D eigenvalue weighted by Gasteiger charge is 2.14. The zero-order valence-corrected chi connectivity index (χ0v) is 13.1. The van der Waals surface area contributed by atoms with E-state index in [4.69, 9.17) is 4.74 Å². The van der Waals surface area contributed by atoms with Crippen molar-refractivity contribution in [2.75, 3.05) is 19.0 Å². The van der Waals surface area contributed by atoms with Gasteiger partial charge in [0.05, 0.1) is 19.8 Å². The van der Waals surface area contributed by atoms with E-state index in [9.17, 15) is 5.11 Å². The third-order valence-corrected chi connectivity index (χ3v) is 3.84. The smallest absolute Gasteiger partial charge is 0.119 e. The lowest BCUT2D eigenvalue weighted by atomic mass is 10.1. The van der Waals surface area contributed by atoms with Crippen molar-refractivity contribution in [1.29, 1.82) is 0 Å². The summed E-state index contributed by atoms with van der Waals surface area (Å²) >= 11 is 3.52. The van der Waals surface area contributed by atoms with E-state index in [2.05, 4.69) is 27.3 Å². The van der Waals surface area contributed by atoms with E-state index in [1.807, 2.05) is 43.3 Å². The first kappa shape index (κ1) is 14.9. The summed E-state index contributed by atoms with van der Waals surface area (Å²) in [5.41, 5.74) is 3.13. The molecular weight excluding hydrogens is 318 g/mol. The highest BCUT2D eigenvalue weighted by atomic mass is 79.9. The minimum atomic E-state index is -0.193. The maximum absolute atomic E-state index is 9.67. The Morgan fingerprint density at radius 3 is 2.70 bits per heavy atom. The maximum Gasteiger partial charge on any atom is 0.119 e. The first-order chi connectivity index (χ1) is 9.63. The van der Waals surface area contributed by atoms with E-state index >= 15 is 0 Å². The molecule has 0 aliphatic heterocycles. The fourth-order valence-corrected chi connectivity index (χ4v) is 2.60. The molecule has 0 fully saturated rings. The molecule has 0 aromatic heterocycles. The van der Waals surface area contributed by atoms with Gasteiger partial charge < -0.3 is 15.2 Å². The Balaban J connectivity index is 2.28. The Bertz CT molecular complexity index is 586. The van der Waals surface area contributed by atoms with Crippen molar-refractivity contribution in [3.05, 3.63) is 58.1 Å². The first-order valence-electron chi connectivity index (χ1n) is 6.41. The quantitative estimate of drug-likeness (QED) is 0.870. The molecule has 2 rings (SSSR count). The zero-order chi connectivity index (χ0) is 14.5. The van der Waals surface area contributed by atoms with Crippen LogP contribution in [-0.2, 0) is 0 Å². The molecule has 0 saturated heterocycles. The fourth-order valence-electron chi connectivity index (χ4n) is 2.07. The highest BCUT2D eigenvalue weighted by Crippen LogP contribution is 2.30. The van der Waals surface area contributed by atoms with Crippen molar-refractivity contribution in [3.8, 4) is 5.75 Å². The summed E-state index contributed by atoms with van der Waals surface area (Å²) in [6.07, 6.45) is 0. The van der Waals surface area contributed by atoms with Gasteiger partial charge in [0.25, 0.3) is 0 Å². The van der Waals surface area contributed by atoms with Gasteiger partial charge in [-0.2, -0.15) is 0 Å². The van der Waals surface area contributed by atoms with Crippen LogP contribution in [0.1, 0.15) is 17.2 Å². The summed E-state index contributed by atoms with van der Waals surface area (Å²) in [4.78, 5) is 0. The predicted molar refractivity (Wildman–Crippen MR) is 85.3 cm³/mol. The van der Waals surface area contributed by atoms with Crippen molar-refractivity contribution >= 4 is 21.6 Å². The number of hydrogen-bond donors (Lipinski definition) is 2. The Morgan fingerprint density at radius 2 is 2.05 bits per heavy atom. The second-order valence-corrected chi connectivity index (χ2v) is 5.49. The summed E-state index contributed by atoms with van der Waals surface area (Å²) in [7, 11) is 1.63. The summed E-state index contributed by atoms with van der Waals surface area (Å²) in [6, 6.07) is 13.6. The van der Waals surface area contributed by atoms with E-state index < -0.39 is 0 Å². The molecular formula is C16H18BrNO2. The number of halogens is 1. The molecule has 0 radical (unpaired) electrons. The SMILES string of the molecule is COc1ccc(Br)c(C(CO)Nc2cccc(C)c2)c1. The Labute approximate surface area is 127 Å². The molecule has 0 amide bonds. The number of methoxy groups -OCH3 is 1. The van der Waals surface area contributed by atoms with Gasteiger partial charge in [-0.25, -0.2) is 0 Å². The number of anilines is 1. The van der Waals surface area contributed by atoms with Crippen LogP contribution in [0.25, 0.3) is 0 Å². The minimum Gasteiger partial charge on any atom is -0.497 e. The van der Waals surface area contributed by atoms with Crippen LogP contribution in [-0.4, -0.2) is 18.8 Å². The third-order valence-electron chi connectivity index (χ3n) is 3.12. The lowest BCUT2D eigenvalue weighted by molar-refractivity contribution is 0.275. The maximum atomic E-state index is 9.67. The van der Waals surface area contributed by atoms with Gasteiger partial charge in [0.1, 0.15) is 5.75 Å². The summed E-state index contributed by atoms with van der Waals surface area (Å²) in [5, 5.41) is 13.0. The van der Waals surface area contributed by atoms with Crippen LogP contribution in [0.2, 0.25) is 0 Å². The average Bonchev–Trinajstić information content (AvgIpc) is 2.46. The molecule has 4 heteroatoms. The van der Waals surface area contributed by atoms with Crippen LogP contribution in [0.5, 0.6) is 5.75 Å². The van der Waals surface area contributed by atoms with Gasteiger partial charge in [0, 0.05) is 10.2 Å². The van der Waals surface area contributed by atoms with E-state index in [-0.39, 0.29) is 12.6 Å². The summed E-state index contributed by atoms with van der Waals surface area (Å²) < 4.78 is 6.19. The van der Waals surface area contributed by atoms with Gasteiger partial charge in [-0.1, -0.05) is 28.1 Å². The molecule has 0 spiro atoms. The number of rotatable bonds is 5. The monoisotopic (exact) mass is 335 g/mol. The molecule has 106 valence electrons. The summed E-state index contributed by atoms with van der Waals surface area (Å²) in [6.45, 7) is 2.04. The molecule has 0 heterocycles. The number of aryl methyl sites for hydroxylation is 1. The van der Waals surface area contributed by atoms with E-state index in [1.54, 1.807) is 7.11 Å². The van der Waals surface area contributed by atoms with Crippen LogP contribution >= 0.6 is 15.9 Å². The van der Waals surface area contributed by atoms with Gasteiger partial charge in [-0.15, -0.1) is 0 Å². The molecule has 0 aliphatic carbocycles. The number of hydrogen-bond acceptors (Lipinski definition) is 3. The summed E-state index contributed by atoms with van der Waals surface area (Å²) in [5.74, 6) is 0.771. The topological polar surface area (TPSA) is 41.5 Å². The number of benzene rings is 2. The normalized spacial score (nSPS) is 12.0. The lowest BCUT2D eigenvalue weighted by Gasteiger charge is -2.20. The van der Waals surface area contributed by atoms with Crippen LogP contribution in [0.15, 0.2) is 46.9 Å². The van der Waals surface area contributed by atoms with Gasteiger partial charge in [0.15, 0.2) is 0 Å². The molecule has 0 bridgehead atoms. The second-order valence-electron chi connectivity index (χ2n) is 4.64. The van der Waals surface area contributed by atoms with Gasteiger partial charge >= 0.3 is 0 Å². The molecule has 2 aromatic carbocycles. The standard InChI is InChI=1S/C16H18BrNO2/c1-11-4-3-5-12(8-11)18-16(10-19)14-9-13(20-2)6-7-15(14)17/h3-9,16,18-19H,10H2,1-2H3. The van der Waals surface area contributed by atoms with Crippen molar-refractivity contribution in [1.82, 2.24) is 0 Å². The van der Waals surface area contributed by atoms with Crippen LogP contribution in [0, 0.1) is 6.92 Å². The van der Waals surface area contributed by atoms with Crippen molar-refractivity contribution in [3.63, 3.8) is 0 Å². The van der Waals surface area contributed by atoms with Crippen molar-refractivity contribution in [2.24, 2.45) is 0 Å². The van der Waals surface area contributed by atoms with E-state index in [1.165, 1.54) is 5.56 Å². The Kier molecular flexibility index (Phi) is 5.04. The van der Waals surface area contributed by atoms with Crippen LogP contribution < -0.4 is 10.1 Å². The van der Waals surface area contributed by atoms with Gasteiger partial charge in [0.2, 0.25) is 0 Å². The molecule has 1 atom stereocenters. The lowest BCUT2D eigenvalue weighted by Crippen LogP contribution is -2.15. The molecule has 2 aromatic rings. The fraction of sp³-hybridized carbons (Fsp3) is 0.250. The number of nitrogens with one attached hydrogen (secondary N) is 1. The Morgan fingerprint density at radius 1 is 1.25 bits per heavy atom. The van der Waals surface area contributed by atoms with E-state index in [0.29, 0.717) is 0 Å². The van der Waals surface area contributed by atoms with E-state index in [0.717, 1.165) is 21.5 Å². The largest absolute Gasteiger partial charge is 0.497 e. The van der Waals surface area contributed by atoms with Crippen molar-refractivity contribution < 1.29 is 9.84 Å².